The summed E-state index contributed by atoms with van der Waals surface area (Å²) in [6.07, 6.45) is 6.04. The summed E-state index contributed by atoms with van der Waals surface area (Å²) in [4.78, 5) is 11.2. The third kappa shape index (κ3) is 7.33. The molecule has 0 heterocycles. The SMILES string of the molecule is CCCCCCCCC(C(=O)OC)S(=O)(=O)O. The second kappa shape index (κ2) is 8.47. The Morgan fingerprint density at radius 2 is 1.71 bits per heavy atom. The Morgan fingerprint density at radius 1 is 1.18 bits per heavy atom. The highest BCUT2D eigenvalue weighted by Gasteiger charge is 2.31. The Kier molecular flexibility index (Phi) is 8.16. The van der Waals surface area contributed by atoms with Crippen LogP contribution in [-0.4, -0.2) is 31.3 Å². The highest BCUT2D eigenvalue weighted by molar-refractivity contribution is 7.87. The third-order valence-electron chi connectivity index (χ3n) is 2.64. The predicted molar refractivity (Wildman–Crippen MR) is 65.3 cm³/mol. The molecule has 0 aliphatic carbocycles. The number of methoxy groups -OCH3 is 1. The molecule has 0 saturated carbocycles. The summed E-state index contributed by atoms with van der Waals surface area (Å²) in [5, 5.41) is -1.43. The van der Waals surface area contributed by atoms with E-state index in [0.717, 1.165) is 32.8 Å². The molecule has 102 valence electrons. The summed E-state index contributed by atoms with van der Waals surface area (Å²) in [5.74, 6) is -0.888. The monoisotopic (exact) mass is 266 g/mol. The Hall–Kier alpha value is -0.620. The Morgan fingerprint density at radius 3 is 2.18 bits per heavy atom. The molecule has 17 heavy (non-hydrogen) atoms. The zero-order valence-electron chi connectivity index (χ0n) is 10.5. The molecule has 5 nitrogen and oxygen atoms in total. The van der Waals surface area contributed by atoms with Crippen LogP contribution in [0, 0.1) is 0 Å². The molecule has 1 N–H and O–H groups in total. The molecule has 0 aromatic heterocycles. The molecule has 0 aliphatic heterocycles. The van der Waals surface area contributed by atoms with Gasteiger partial charge in [-0.3, -0.25) is 9.35 Å². The van der Waals surface area contributed by atoms with Crippen molar-refractivity contribution < 1.29 is 22.5 Å². The molecule has 0 rings (SSSR count). The summed E-state index contributed by atoms with van der Waals surface area (Å²) in [5.41, 5.74) is 0. The lowest BCUT2D eigenvalue weighted by Gasteiger charge is -2.11. The molecule has 0 aromatic carbocycles. The summed E-state index contributed by atoms with van der Waals surface area (Å²) < 4.78 is 35.2. The van der Waals surface area contributed by atoms with Gasteiger partial charge >= 0.3 is 5.97 Å². The van der Waals surface area contributed by atoms with Gasteiger partial charge in [0.15, 0.2) is 5.25 Å². The zero-order valence-corrected chi connectivity index (χ0v) is 11.3. The number of hydrogen-bond donors (Lipinski definition) is 1. The molecule has 0 aromatic rings. The number of hydrogen-bond acceptors (Lipinski definition) is 4. The van der Waals surface area contributed by atoms with Crippen LogP contribution in [0.2, 0.25) is 0 Å². The molecule has 1 atom stereocenters. The predicted octanol–water partition coefficient (Wildman–Crippen LogP) is 2.17. The van der Waals surface area contributed by atoms with Crippen LogP contribution in [0.1, 0.15) is 51.9 Å². The Labute approximate surface area is 103 Å². The van der Waals surface area contributed by atoms with Gasteiger partial charge in [-0.1, -0.05) is 45.4 Å². The van der Waals surface area contributed by atoms with E-state index in [1.165, 1.54) is 6.42 Å². The standard InChI is InChI=1S/C11H22O5S/c1-3-4-5-6-7-8-9-10(11(12)16-2)17(13,14)15/h10H,3-9H2,1-2H3,(H,13,14,15). The number of rotatable bonds is 9. The average molecular weight is 266 g/mol. The fraction of sp³-hybridized carbons (Fsp3) is 0.909. The van der Waals surface area contributed by atoms with Crippen LogP contribution in [0.15, 0.2) is 0 Å². The van der Waals surface area contributed by atoms with Gasteiger partial charge < -0.3 is 4.74 Å². The van der Waals surface area contributed by atoms with Crippen LogP contribution < -0.4 is 0 Å². The first-order valence-corrected chi connectivity index (χ1v) is 7.48. The maximum Gasteiger partial charge on any atom is 0.326 e. The molecule has 6 heteroatoms. The van der Waals surface area contributed by atoms with Crippen molar-refractivity contribution in [3.8, 4) is 0 Å². The van der Waals surface area contributed by atoms with Crippen molar-refractivity contribution in [2.45, 2.75) is 57.1 Å². The van der Waals surface area contributed by atoms with Crippen molar-refractivity contribution >= 4 is 16.1 Å². The van der Waals surface area contributed by atoms with Crippen LogP contribution in [0.4, 0.5) is 0 Å². The number of unbranched alkanes of at least 4 members (excludes halogenated alkanes) is 5. The molecule has 0 spiro atoms. The van der Waals surface area contributed by atoms with E-state index in [-0.39, 0.29) is 6.42 Å². The quantitative estimate of drug-likeness (QED) is 0.393. The minimum absolute atomic E-state index is 0.123. The fourth-order valence-corrected chi connectivity index (χ4v) is 2.43. The van der Waals surface area contributed by atoms with Crippen LogP contribution in [-0.2, 0) is 19.6 Å². The van der Waals surface area contributed by atoms with Crippen LogP contribution in [0.5, 0.6) is 0 Å². The lowest BCUT2D eigenvalue weighted by molar-refractivity contribution is -0.140. The van der Waals surface area contributed by atoms with Gasteiger partial charge in [0, 0.05) is 0 Å². The largest absolute Gasteiger partial charge is 0.468 e. The van der Waals surface area contributed by atoms with Gasteiger partial charge in [0.2, 0.25) is 0 Å². The van der Waals surface area contributed by atoms with E-state index in [9.17, 15) is 13.2 Å². The summed E-state index contributed by atoms with van der Waals surface area (Å²) >= 11 is 0. The second-order valence-corrected chi connectivity index (χ2v) is 5.68. The molecule has 0 saturated heterocycles. The maximum atomic E-state index is 11.2. The number of carbonyl (C=O) groups excluding carboxylic acids is 1. The van der Waals surface area contributed by atoms with E-state index < -0.39 is 21.3 Å². The third-order valence-corrected chi connectivity index (χ3v) is 3.79. The first-order valence-electron chi connectivity index (χ1n) is 5.97. The van der Waals surface area contributed by atoms with E-state index in [4.69, 9.17) is 4.55 Å². The van der Waals surface area contributed by atoms with Gasteiger partial charge in [0.05, 0.1) is 7.11 Å². The van der Waals surface area contributed by atoms with Gasteiger partial charge in [0.1, 0.15) is 0 Å². The summed E-state index contributed by atoms with van der Waals surface area (Å²) in [6, 6.07) is 0. The van der Waals surface area contributed by atoms with E-state index in [1.807, 2.05) is 0 Å². The van der Waals surface area contributed by atoms with Gasteiger partial charge in [-0.25, -0.2) is 0 Å². The molecule has 0 amide bonds. The molecular weight excluding hydrogens is 244 g/mol. The zero-order chi connectivity index (χ0) is 13.3. The van der Waals surface area contributed by atoms with Crippen LogP contribution >= 0.6 is 0 Å². The molecular formula is C11H22O5S. The van der Waals surface area contributed by atoms with Crippen molar-refractivity contribution in [3.05, 3.63) is 0 Å². The minimum atomic E-state index is -4.35. The molecule has 0 fully saturated rings. The fourth-order valence-electron chi connectivity index (χ4n) is 1.63. The van der Waals surface area contributed by atoms with Crippen LogP contribution in [0.3, 0.4) is 0 Å². The highest BCUT2D eigenvalue weighted by atomic mass is 32.2. The van der Waals surface area contributed by atoms with E-state index >= 15 is 0 Å². The lowest BCUT2D eigenvalue weighted by Crippen LogP contribution is -2.30. The topological polar surface area (TPSA) is 80.7 Å². The lowest BCUT2D eigenvalue weighted by atomic mass is 10.1. The van der Waals surface area contributed by atoms with Gasteiger partial charge in [0.25, 0.3) is 10.1 Å². The van der Waals surface area contributed by atoms with E-state index in [2.05, 4.69) is 11.7 Å². The van der Waals surface area contributed by atoms with Crippen molar-refractivity contribution in [1.29, 1.82) is 0 Å². The van der Waals surface area contributed by atoms with Gasteiger partial charge in [-0.2, -0.15) is 8.42 Å². The van der Waals surface area contributed by atoms with Crippen molar-refractivity contribution in [2.75, 3.05) is 7.11 Å². The summed E-state index contributed by atoms with van der Waals surface area (Å²) in [7, 11) is -3.24. The van der Waals surface area contributed by atoms with Crippen LogP contribution in [0.25, 0.3) is 0 Å². The smallest absolute Gasteiger partial charge is 0.326 e. The first kappa shape index (κ1) is 16.4. The van der Waals surface area contributed by atoms with Crippen molar-refractivity contribution in [3.63, 3.8) is 0 Å². The van der Waals surface area contributed by atoms with Gasteiger partial charge in [-0.05, 0) is 6.42 Å². The van der Waals surface area contributed by atoms with Crippen molar-refractivity contribution in [2.24, 2.45) is 0 Å². The Balaban J connectivity index is 3.99. The number of ether oxygens (including phenoxy) is 1. The number of esters is 1. The van der Waals surface area contributed by atoms with Crippen molar-refractivity contribution in [1.82, 2.24) is 0 Å². The maximum absolute atomic E-state index is 11.2. The molecule has 0 radical (unpaired) electrons. The normalized spacial score (nSPS) is 13.4. The van der Waals surface area contributed by atoms with E-state index in [0.29, 0.717) is 6.42 Å². The average Bonchev–Trinajstić information content (AvgIpc) is 2.25. The Bertz CT molecular complexity index is 310. The summed E-state index contributed by atoms with van der Waals surface area (Å²) in [6.45, 7) is 2.12. The molecule has 0 aliphatic rings. The molecule has 0 bridgehead atoms. The second-order valence-electron chi connectivity index (χ2n) is 4.08. The van der Waals surface area contributed by atoms with E-state index in [1.54, 1.807) is 0 Å². The van der Waals surface area contributed by atoms with Gasteiger partial charge in [-0.15, -0.1) is 0 Å². The first-order chi connectivity index (χ1) is 7.93. The number of carbonyl (C=O) groups is 1. The highest BCUT2D eigenvalue weighted by Crippen LogP contribution is 2.13. The molecule has 1 unspecified atom stereocenters. The minimum Gasteiger partial charge on any atom is -0.468 e.